The van der Waals surface area contributed by atoms with Crippen molar-refractivity contribution < 1.29 is 19.4 Å². The van der Waals surface area contributed by atoms with E-state index in [9.17, 15) is 19.4 Å². The number of rotatable bonds is 4. The van der Waals surface area contributed by atoms with Crippen molar-refractivity contribution in [1.82, 2.24) is 10.3 Å². The van der Waals surface area contributed by atoms with Crippen LogP contribution in [0.5, 0.6) is 5.75 Å². The predicted octanol–water partition coefficient (Wildman–Crippen LogP) is 3.32. The molecular weight excluding hydrogens is 347 g/mol. The maximum Gasteiger partial charge on any atom is 0.254 e. The maximum absolute atomic E-state index is 14.0. The number of hydrogen-bond acceptors (Lipinski definition) is 4. The van der Waals surface area contributed by atoms with Crippen molar-refractivity contribution in [3.63, 3.8) is 0 Å². The highest BCUT2D eigenvalue weighted by molar-refractivity contribution is 5.95. The molecule has 4 rings (SSSR count). The van der Waals surface area contributed by atoms with Crippen LogP contribution in [0.2, 0.25) is 0 Å². The Morgan fingerprint density at radius 3 is 2.74 bits per heavy atom. The summed E-state index contributed by atoms with van der Waals surface area (Å²) in [4.78, 5) is 17.1. The molecule has 1 fully saturated rings. The number of nitrogens with zero attached hydrogens (tertiary/aromatic N) is 1. The van der Waals surface area contributed by atoms with E-state index < -0.39 is 17.8 Å². The first-order chi connectivity index (χ1) is 13.0. The van der Waals surface area contributed by atoms with Gasteiger partial charge in [-0.2, -0.15) is 0 Å². The summed E-state index contributed by atoms with van der Waals surface area (Å²) < 4.78 is 14.0. The second-order valence-electron chi connectivity index (χ2n) is 6.96. The van der Waals surface area contributed by atoms with Crippen molar-refractivity contribution in [2.24, 2.45) is 5.92 Å². The lowest BCUT2D eigenvalue weighted by atomic mass is 9.75. The van der Waals surface area contributed by atoms with Crippen LogP contribution >= 0.6 is 0 Å². The number of nitrogens with one attached hydrogen (secondary N) is 1. The molecule has 6 heteroatoms. The van der Waals surface area contributed by atoms with Gasteiger partial charge in [0.2, 0.25) is 0 Å². The molecule has 2 aromatic carbocycles. The van der Waals surface area contributed by atoms with Gasteiger partial charge < -0.3 is 15.5 Å². The maximum atomic E-state index is 14.0. The number of aromatic nitrogens is 1. The molecule has 0 spiro atoms. The lowest BCUT2D eigenvalue weighted by molar-refractivity contribution is 0.0234. The largest absolute Gasteiger partial charge is 0.508 e. The van der Waals surface area contributed by atoms with Gasteiger partial charge in [0, 0.05) is 11.6 Å². The monoisotopic (exact) mass is 366 g/mol. The highest BCUT2D eigenvalue weighted by atomic mass is 19.1. The van der Waals surface area contributed by atoms with E-state index in [-0.39, 0.29) is 23.3 Å². The summed E-state index contributed by atoms with van der Waals surface area (Å²) in [6.07, 6.45) is 2.43. The van der Waals surface area contributed by atoms with Crippen molar-refractivity contribution in [1.29, 1.82) is 0 Å². The number of carbonyl (C=O) groups excluding carboxylic acids is 1. The van der Waals surface area contributed by atoms with E-state index in [1.165, 1.54) is 6.07 Å². The fourth-order valence-electron chi connectivity index (χ4n) is 3.54. The average molecular weight is 366 g/mol. The molecule has 0 radical (unpaired) electrons. The van der Waals surface area contributed by atoms with Gasteiger partial charge in [0.25, 0.3) is 5.91 Å². The first kappa shape index (κ1) is 17.4. The number of phenols is 1. The minimum atomic E-state index is -0.700. The molecule has 1 atom stereocenters. The van der Waals surface area contributed by atoms with Crippen molar-refractivity contribution in [2.75, 3.05) is 0 Å². The Morgan fingerprint density at radius 1 is 1.19 bits per heavy atom. The van der Waals surface area contributed by atoms with Gasteiger partial charge in [-0.15, -0.1) is 0 Å². The molecule has 0 unspecified atom stereocenters. The van der Waals surface area contributed by atoms with Crippen LogP contribution in [-0.4, -0.2) is 27.2 Å². The number of benzene rings is 2. The summed E-state index contributed by atoms with van der Waals surface area (Å²) in [7, 11) is 0. The topological polar surface area (TPSA) is 82.5 Å². The molecule has 0 bridgehead atoms. The first-order valence-corrected chi connectivity index (χ1v) is 8.83. The molecule has 1 heterocycles. The third-order valence-corrected chi connectivity index (χ3v) is 5.07. The Morgan fingerprint density at radius 2 is 1.96 bits per heavy atom. The Hall–Kier alpha value is -2.99. The van der Waals surface area contributed by atoms with Crippen LogP contribution in [-0.2, 0) is 0 Å². The van der Waals surface area contributed by atoms with Crippen LogP contribution in [0.4, 0.5) is 4.39 Å². The van der Waals surface area contributed by atoms with Crippen LogP contribution < -0.4 is 5.32 Å². The summed E-state index contributed by atoms with van der Waals surface area (Å²) in [5.74, 6) is -1.45. The smallest absolute Gasteiger partial charge is 0.254 e. The summed E-state index contributed by atoms with van der Waals surface area (Å²) in [5, 5.41) is 23.1. The van der Waals surface area contributed by atoms with Crippen LogP contribution in [0, 0.1) is 11.7 Å². The zero-order valence-corrected chi connectivity index (χ0v) is 14.5. The number of amides is 1. The van der Waals surface area contributed by atoms with Crippen molar-refractivity contribution >= 4 is 16.8 Å². The Balaban J connectivity index is 1.66. The molecule has 0 saturated heterocycles. The van der Waals surface area contributed by atoms with Gasteiger partial charge in [0.15, 0.2) is 0 Å². The van der Waals surface area contributed by atoms with Gasteiger partial charge in [-0.05, 0) is 54.7 Å². The summed E-state index contributed by atoms with van der Waals surface area (Å²) in [6.45, 7) is 0. The highest BCUT2D eigenvalue weighted by Gasteiger charge is 2.36. The first-order valence-electron chi connectivity index (χ1n) is 8.83. The number of halogens is 1. The molecular formula is C21H19FN2O3. The third-order valence-electron chi connectivity index (χ3n) is 5.07. The highest BCUT2D eigenvalue weighted by Crippen LogP contribution is 2.38. The van der Waals surface area contributed by atoms with Gasteiger partial charge in [-0.1, -0.05) is 18.2 Å². The Bertz CT molecular complexity index is 1000. The number of aliphatic hydroxyl groups is 1. The van der Waals surface area contributed by atoms with Gasteiger partial charge in [0.05, 0.1) is 23.2 Å². The second-order valence-corrected chi connectivity index (χ2v) is 6.96. The van der Waals surface area contributed by atoms with Crippen LogP contribution in [0.3, 0.4) is 0 Å². The lowest BCUT2D eigenvalue weighted by Gasteiger charge is -2.38. The van der Waals surface area contributed by atoms with E-state index in [1.807, 2.05) is 30.3 Å². The van der Waals surface area contributed by atoms with E-state index in [0.717, 1.165) is 28.6 Å². The zero-order chi connectivity index (χ0) is 19.0. The van der Waals surface area contributed by atoms with E-state index in [0.29, 0.717) is 12.8 Å². The fourth-order valence-corrected chi connectivity index (χ4v) is 3.54. The lowest BCUT2D eigenvalue weighted by Crippen LogP contribution is -2.41. The molecule has 3 aromatic rings. The van der Waals surface area contributed by atoms with E-state index in [4.69, 9.17) is 0 Å². The van der Waals surface area contributed by atoms with E-state index in [2.05, 4.69) is 10.3 Å². The number of para-hydroxylation sites is 1. The Kier molecular flexibility index (Phi) is 4.49. The molecule has 27 heavy (non-hydrogen) atoms. The van der Waals surface area contributed by atoms with Gasteiger partial charge in [-0.25, -0.2) is 4.39 Å². The molecule has 138 valence electrons. The van der Waals surface area contributed by atoms with Crippen molar-refractivity contribution in [3.8, 4) is 5.75 Å². The zero-order valence-electron chi connectivity index (χ0n) is 14.5. The fraction of sp³-hybridized carbons (Fsp3) is 0.238. The molecule has 1 amide bonds. The third kappa shape index (κ3) is 3.48. The summed E-state index contributed by atoms with van der Waals surface area (Å²) in [6, 6.07) is 12.6. The number of aromatic hydroxyl groups is 1. The SMILES string of the molecule is O=C(N[C@@H](c1cnc2ccccc2c1)C1CC(O)C1)c1cc(O)ccc1F. The normalized spacial score (nSPS) is 20.1. The predicted molar refractivity (Wildman–Crippen MR) is 98.7 cm³/mol. The number of aliphatic hydroxyl groups excluding tert-OH is 1. The molecule has 1 aliphatic carbocycles. The van der Waals surface area contributed by atoms with Crippen LogP contribution in [0.25, 0.3) is 10.9 Å². The van der Waals surface area contributed by atoms with E-state index in [1.54, 1.807) is 6.20 Å². The van der Waals surface area contributed by atoms with Gasteiger partial charge in [-0.3, -0.25) is 9.78 Å². The number of fused-ring (bicyclic) bond motifs is 1. The molecule has 1 saturated carbocycles. The van der Waals surface area contributed by atoms with Gasteiger partial charge in [0.1, 0.15) is 11.6 Å². The van der Waals surface area contributed by atoms with Crippen molar-refractivity contribution in [2.45, 2.75) is 25.0 Å². The molecule has 1 aliphatic rings. The molecule has 1 aromatic heterocycles. The quantitative estimate of drug-likeness (QED) is 0.662. The second kappa shape index (κ2) is 6.96. The molecule has 5 nitrogen and oxygen atoms in total. The average Bonchev–Trinajstić information content (AvgIpc) is 2.65. The number of phenolic OH excluding ortho intramolecular Hbond substituents is 1. The molecule has 3 N–H and O–H groups in total. The summed E-state index contributed by atoms with van der Waals surface area (Å²) >= 11 is 0. The van der Waals surface area contributed by atoms with Crippen LogP contribution in [0.15, 0.2) is 54.7 Å². The minimum absolute atomic E-state index is 0.0345. The van der Waals surface area contributed by atoms with Crippen molar-refractivity contribution in [3.05, 3.63) is 71.7 Å². The molecule has 0 aliphatic heterocycles. The number of pyridine rings is 1. The Labute approximate surface area is 155 Å². The van der Waals surface area contributed by atoms with Crippen LogP contribution in [0.1, 0.15) is 34.8 Å². The summed E-state index contributed by atoms with van der Waals surface area (Å²) in [5.41, 5.74) is 1.44. The van der Waals surface area contributed by atoms with E-state index >= 15 is 0 Å². The van der Waals surface area contributed by atoms with Gasteiger partial charge >= 0.3 is 0 Å². The minimum Gasteiger partial charge on any atom is -0.508 e. The standard InChI is InChI=1S/C21H19FN2O3/c22-18-6-5-15(25)10-17(18)21(27)24-20(13-8-16(26)9-13)14-7-12-3-1-2-4-19(12)23-11-14/h1-7,10-11,13,16,20,25-26H,8-9H2,(H,24,27)/t13?,16?,20-/m1/s1. The number of hydrogen-bond donors (Lipinski definition) is 3. The number of carbonyl (C=O) groups is 1.